The van der Waals surface area contributed by atoms with E-state index in [1.54, 1.807) is 22.9 Å². The van der Waals surface area contributed by atoms with E-state index in [0.717, 1.165) is 11.3 Å². The van der Waals surface area contributed by atoms with Crippen molar-refractivity contribution in [3.63, 3.8) is 0 Å². The maximum Gasteiger partial charge on any atom is 0.324 e. The molecule has 2 amide bonds. The maximum atomic E-state index is 12.6. The average Bonchev–Trinajstić information content (AvgIpc) is 2.44. The van der Waals surface area contributed by atoms with E-state index in [1.165, 1.54) is 0 Å². The molecule has 0 aliphatic carbocycles. The first kappa shape index (κ1) is 15.4. The highest BCUT2D eigenvalue weighted by Gasteiger charge is 2.33. The van der Waals surface area contributed by atoms with Crippen LogP contribution >= 0.6 is 0 Å². The number of benzene rings is 1. The van der Waals surface area contributed by atoms with Gasteiger partial charge in [-0.2, -0.15) is 0 Å². The molecule has 0 radical (unpaired) electrons. The molecule has 1 N–H and O–H groups in total. The van der Waals surface area contributed by atoms with E-state index < -0.39 is 11.9 Å². The predicted octanol–water partition coefficient (Wildman–Crippen LogP) is 2.77. The fourth-order valence-electron chi connectivity index (χ4n) is 2.85. The number of amides is 2. The molecule has 2 rings (SSSR count). The van der Waals surface area contributed by atoms with Crippen molar-refractivity contribution in [1.82, 2.24) is 4.90 Å². The molecule has 1 unspecified atom stereocenters. The Morgan fingerprint density at radius 3 is 2.67 bits per heavy atom. The Morgan fingerprint density at radius 2 is 2.05 bits per heavy atom. The number of para-hydroxylation sites is 1. The zero-order valence-corrected chi connectivity index (χ0v) is 12.7. The minimum absolute atomic E-state index is 0.0695. The SMILES string of the molecule is CC(C)CN(C)C(=O)N1CCC(C(=O)O)c2ccccc21. The van der Waals surface area contributed by atoms with Gasteiger partial charge in [0.05, 0.1) is 5.92 Å². The quantitative estimate of drug-likeness (QED) is 0.931. The Kier molecular flexibility index (Phi) is 4.50. The van der Waals surface area contributed by atoms with Crippen LogP contribution in [0.4, 0.5) is 10.5 Å². The molecular weight excluding hydrogens is 268 g/mol. The number of carboxylic acids is 1. The third kappa shape index (κ3) is 3.17. The van der Waals surface area contributed by atoms with Gasteiger partial charge in [0.2, 0.25) is 0 Å². The molecule has 21 heavy (non-hydrogen) atoms. The second kappa shape index (κ2) is 6.16. The molecule has 0 spiro atoms. The monoisotopic (exact) mass is 290 g/mol. The van der Waals surface area contributed by atoms with Gasteiger partial charge in [0, 0.05) is 25.8 Å². The van der Waals surface area contributed by atoms with Crippen molar-refractivity contribution >= 4 is 17.7 Å². The van der Waals surface area contributed by atoms with Crippen molar-refractivity contribution in [1.29, 1.82) is 0 Å². The zero-order chi connectivity index (χ0) is 15.6. The van der Waals surface area contributed by atoms with Crippen LogP contribution in [-0.4, -0.2) is 42.1 Å². The summed E-state index contributed by atoms with van der Waals surface area (Å²) in [6.07, 6.45) is 0.452. The molecule has 0 bridgehead atoms. The van der Waals surface area contributed by atoms with Gasteiger partial charge in [-0.15, -0.1) is 0 Å². The van der Waals surface area contributed by atoms with Crippen molar-refractivity contribution in [3.05, 3.63) is 29.8 Å². The van der Waals surface area contributed by atoms with E-state index in [0.29, 0.717) is 25.4 Å². The number of carbonyl (C=O) groups is 2. The minimum Gasteiger partial charge on any atom is -0.481 e. The number of fused-ring (bicyclic) bond motifs is 1. The molecule has 1 aromatic carbocycles. The van der Waals surface area contributed by atoms with E-state index in [4.69, 9.17) is 0 Å². The first-order valence-corrected chi connectivity index (χ1v) is 7.26. The molecule has 1 aliphatic heterocycles. The summed E-state index contributed by atoms with van der Waals surface area (Å²) in [5.74, 6) is -0.962. The first-order chi connectivity index (χ1) is 9.91. The number of anilines is 1. The van der Waals surface area contributed by atoms with E-state index in [1.807, 2.05) is 18.2 Å². The number of hydrogen-bond donors (Lipinski definition) is 1. The number of nitrogens with zero attached hydrogens (tertiary/aromatic N) is 2. The third-order valence-electron chi connectivity index (χ3n) is 3.74. The van der Waals surface area contributed by atoms with Crippen molar-refractivity contribution in [2.75, 3.05) is 25.0 Å². The van der Waals surface area contributed by atoms with Gasteiger partial charge < -0.3 is 10.0 Å². The van der Waals surface area contributed by atoms with Gasteiger partial charge in [-0.3, -0.25) is 9.69 Å². The second-order valence-electron chi connectivity index (χ2n) is 5.95. The Hall–Kier alpha value is -2.04. The molecule has 5 heteroatoms. The van der Waals surface area contributed by atoms with Crippen molar-refractivity contribution in [3.8, 4) is 0 Å². The first-order valence-electron chi connectivity index (χ1n) is 7.26. The largest absolute Gasteiger partial charge is 0.481 e. The van der Waals surface area contributed by atoms with Crippen LogP contribution in [0.25, 0.3) is 0 Å². The summed E-state index contributed by atoms with van der Waals surface area (Å²) < 4.78 is 0. The minimum atomic E-state index is -0.829. The van der Waals surface area contributed by atoms with Gasteiger partial charge in [0.1, 0.15) is 0 Å². The summed E-state index contributed by atoms with van der Waals surface area (Å²) in [5.41, 5.74) is 1.44. The lowest BCUT2D eigenvalue weighted by atomic mass is 9.90. The molecule has 5 nitrogen and oxygen atoms in total. The van der Waals surface area contributed by atoms with Crippen molar-refractivity contribution in [2.45, 2.75) is 26.2 Å². The molecule has 1 aromatic rings. The number of hydrogen-bond acceptors (Lipinski definition) is 2. The molecule has 1 heterocycles. The summed E-state index contributed by atoms with van der Waals surface area (Å²) in [7, 11) is 1.79. The highest BCUT2D eigenvalue weighted by molar-refractivity contribution is 5.95. The topological polar surface area (TPSA) is 60.9 Å². The van der Waals surface area contributed by atoms with E-state index in [2.05, 4.69) is 13.8 Å². The number of urea groups is 1. The number of rotatable bonds is 3. The number of carboxylic acid groups (broad SMARTS) is 1. The van der Waals surface area contributed by atoms with Crippen LogP contribution in [0, 0.1) is 5.92 Å². The van der Waals surface area contributed by atoms with Gasteiger partial charge in [0.25, 0.3) is 0 Å². The van der Waals surface area contributed by atoms with Crippen molar-refractivity contribution in [2.24, 2.45) is 5.92 Å². The van der Waals surface area contributed by atoms with Gasteiger partial charge in [-0.25, -0.2) is 4.79 Å². The second-order valence-corrected chi connectivity index (χ2v) is 5.95. The van der Waals surface area contributed by atoms with Crippen LogP contribution < -0.4 is 4.90 Å². The highest BCUT2D eigenvalue weighted by Crippen LogP contribution is 2.35. The standard InChI is InChI=1S/C16H22N2O3/c1-11(2)10-17(3)16(21)18-9-8-13(15(19)20)12-6-4-5-7-14(12)18/h4-7,11,13H,8-10H2,1-3H3,(H,19,20). The van der Waals surface area contributed by atoms with Crippen LogP contribution in [0.15, 0.2) is 24.3 Å². The fourth-order valence-corrected chi connectivity index (χ4v) is 2.85. The average molecular weight is 290 g/mol. The summed E-state index contributed by atoms with van der Waals surface area (Å²) in [6.45, 7) is 5.25. The van der Waals surface area contributed by atoms with Crippen LogP contribution in [0.2, 0.25) is 0 Å². The lowest BCUT2D eigenvalue weighted by Crippen LogP contribution is -2.46. The lowest BCUT2D eigenvalue weighted by molar-refractivity contribution is -0.139. The van der Waals surface area contributed by atoms with E-state index in [9.17, 15) is 14.7 Å². The molecule has 1 atom stereocenters. The summed E-state index contributed by atoms with van der Waals surface area (Å²) >= 11 is 0. The van der Waals surface area contributed by atoms with Gasteiger partial charge in [-0.1, -0.05) is 32.0 Å². The lowest BCUT2D eigenvalue weighted by Gasteiger charge is -2.35. The molecule has 0 aromatic heterocycles. The van der Waals surface area contributed by atoms with Crippen molar-refractivity contribution < 1.29 is 14.7 Å². The van der Waals surface area contributed by atoms with Crippen LogP contribution in [-0.2, 0) is 4.79 Å². The van der Waals surface area contributed by atoms with E-state index in [-0.39, 0.29) is 6.03 Å². The Labute approximate surface area is 125 Å². The number of carbonyl (C=O) groups excluding carboxylic acids is 1. The zero-order valence-electron chi connectivity index (χ0n) is 12.7. The molecule has 1 aliphatic rings. The third-order valence-corrected chi connectivity index (χ3v) is 3.74. The Bertz CT molecular complexity index is 542. The fraction of sp³-hybridized carbons (Fsp3) is 0.500. The molecular formula is C16H22N2O3. The predicted molar refractivity (Wildman–Crippen MR) is 81.6 cm³/mol. The Morgan fingerprint density at radius 1 is 1.38 bits per heavy atom. The normalized spacial score (nSPS) is 17.5. The summed E-state index contributed by atoms with van der Waals surface area (Å²) in [6, 6.07) is 7.22. The Balaban J connectivity index is 2.29. The summed E-state index contributed by atoms with van der Waals surface area (Å²) in [4.78, 5) is 27.3. The maximum absolute atomic E-state index is 12.6. The van der Waals surface area contributed by atoms with Crippen LogP contribution in [0.5, 0.6) is 0 Å². The van der Waals surface area contributed by atoms with Gasteiger partial charge in [0.15, 0.2) is 0 Å². The van der Waals surface area contributed by atoms with Crippen LogP contribution in [0.1, 0.15) is 31.7 Å². The highest BCUT2D eigenvalue weighted by atomic mass is 16.4. The summed E-state index contributed by atoms with van der Waals surface area (Å²) in [5, 5.41) is 9.32. The van der Waals surface area contributed by atoms with Crippen LogP contribution in [0.3, 0.4) is 0 Å². The van der Waals surface area contributed by atoms with Gasteiger partial charge in [-0.05, 0) is 24.0 Å². The molecule has 0 saturated heterocycles. The molecule has 0 saturated carbocycles. The number of aliphatic carboxylic acids is 1. The van der Waals surface area contributed by atoms with Gasteiger partial charge >= 0.3 is 12.0 Å². The molecule has 114 valence electrons. The smallest absolute Gasteiger partial charge is 0.324 e. The van der Waals surface area contributed by atoms with E-state index >= 15 is 0 Å². The molecule has 0 fully saturated rings.